The molecule has 0 saturated carbocycles. The number of esters is 1. The van der Waals surface area contributed by atoms with Gasteiger partial charge >= 0.3 is 12.1 Å². The molecule has 1 aromatic carbocycles. The van der Waals surface area contributed by atoms with Crippen LogP contribution in [0.1, 0.15) is 31.9 Å². The van der Waals surface area contributed by atoms with Crippen LogP contribution in [0.15, 0.2) is 52.9 Å². The molecule has 6 heteroatoms. The van der Waals surface area contributed by atoms with Crippen LogP contribution in [0.5, 0.6) is 0 Å². The standard InChI is InChI=1S/C19H21NO4S/c1-19(2,3)24-17(21)16(11-15-9-10-25-13-15)20-18(22)23-12-14-7-5-4-6-8-14/h4-11,13H,12H2,1-3H3,(H,20,22)/b16-11-. The number of rotatable bonds is 5. The molecule has 0 aliphatic carbocycles. The minimum atomic E-state index is -0.712. The number of carbonyl (C=O) groups is 2. The maximum Gasteiger partial charge on any atom is 0.412 e. The SMILES string of the molecule is CC(C)(C)OC(=O)/C(=C/c1ccsc1)NC(=O)OCc1ccccc1. The number of ether oxygens (including phenoxy) is 2. The first kappa shape index (κ1) is 18.7. The van der Waals surface area contributed by atoms with Crippen LogP contribution >= 0.6 is 11.3 Å². The number of amides is 1. The van der Waals surface area contributed by atoms with Crippen molar-refractivity contribution in [3.8, 4) is 0 Å². The van der Waals surface area contributed by atoms with Crippen LogP contribution in [0.3, 0.4) is 0 Å². The fraction of sp³-hybridized carbons (Fsp3) is 0.263. The van der Waals surface area contributed by atoms with E-state index in [0.717, 1.165) is 11.1 Å². The molecule has 1 amide bonds. The maximum absolute atomic E-state index is 12.3. The molecular weight excluding hydrogens is 338 g/mol. The Morgan fingerprint density at radius 1 is 1.16 bits per heavy atom. The number of carbonyl (C=O) groups excluding carboxylic acids is 2. The molecule has 132 valence electrons. The molecule has 0 saturated heterocycles. The Bertz CT molecular complexity index is 731. The van der Waals surface area contributed by atoms with Crippen LogP contribution in [-0.2, 0) is 20.9 Å². The van der Waals surface area contributed by atoms with Gasteiger partial charge in [-0.2, -0.15) is 11.3 Å². The molecule has 1 heterocycles. The number of hydrogen-bond donors (Lipinski definition) is 1. The highest BCUT2D eigenvalue weighted by Crippen LogP contribution is 2.14. The van der Waals surface area contributed by atoms with E-state index in [1.807, 2.05) is 47.2 Å². The smallest absolute Gasteiger partial charge is 0.412 e. The van der Waals surface area contributed by atoms with Gasteiger partial charge in [0, 0.05) is 0 Å². The van der Waals surface area contributed by atoms with Crippen molar-refractivity contribution in [2.75, 3.05) is 0 Å². The summed E-state index contributed by atoms with van der Waals surface area (Å²) in [6, 6.07) is 11.1. The second kappa shape index (κ2) is 8.48. The van der Waals surface area contributed by atoms with Crippen LogP contribution in [0.2, 0.25) is 0 Å². The lowest BCUT2D eigenvalue weighted by atomic mass is 10.2. The zero-order valence-corrected chi connectivity index (χ0v) is 15.3. The van der Waals surface area contributed by atoms with Crippen molar-refractivity contribution in [1.82, 2.24) is 5.32 Å². The van der Waals surface area contributed by atoms with Crippen molar-refractivity contribution in [3.63, 3.8) is 0 Å². The number of hydrogen-bond acceptors (Lipinski definition) is 5. The predicted molar refractivity (Wildman–Crippen MR) is 97.9 cm³/mol. The van der Waals surface area contributed by atoms with E-state index in [2.05, 4.69) is 5.32 Å². The minimum absolute atomic E-state index is 0.0337. The molecule has 0 bridgehead atoms. The third-order valence-electron chi connectivity index (χ3n) is 2.92. The Labute approximate surface area is 151 Å². The lowest BCUT2D eigenvalue weighted by Gasteiger charge is -2.20. The summed E-state index contributed by atoms with van der Waals surface area (Å²) in [5.74, 6) is -0.615. The second-order valence-corrected chi connectivity index (χ2v) is 7.08. The van der Waals surface area contributed by atoms with Crippen LogP contribution in [0.4, 0.5) is 4.79 Å². The van der Waals surface area contributed by atoms with Gasteiger partial charge in [-0.15, -0.1) is 0 Å². The molecule has 1 aromatic heterocycles. The van der Waals surface area contributed by atoms with Crippen molar-refractivity contribution in [2.45, 2.75) is 33.0 Å². The quantitative estimate of drug-likeness (QED) is 0.636. The van der Waals surface area contributed by atoms with Gasteiger partial charge in [-0.1, -0.05) is 30.3 Å². The molecule has 0 unspecified atom stereocenters. The maximum atomic E-state index is 12.3. The van der Waals surface area contributed by atoms with Gasteiger partial charge in [0.15, 0.2) is 0 Å². The first-order valence-electron chi connectivity index (χ1n) is 7.78. The van der Waals surface area contributed by atoms with Crippen LogP contribution in [-0.4, -0.2) is 17.7 Å². The normalized spacial score (nSPS) is 11.7. The molecule has 0 spiro atoms. The molecule has 2 aromatic rings. The van der Waals surface area contributed by atoms with Gasteiger partial charge in [0.2, 0.25) is 0 Å². The van der Waals surface area contributed by atoms with E-state index < -0.39 is 17.7 Å². The van der Waals surface area contributed by atoms with Gasteiger partial charge in [-0.25, -0.2) is 9.59 Å². The molecule has 0 aliphatic rings. The molecule has 2 rings (SSSR count). The average molecular weight is 359 g/mol. The zero-order valence-electron chi connectivity index (χ0n) is 14.4. The van der Waals surface area contributed by atoms with Crippen LogP contribution < -0.4 is 5.32 Å². The van der Waals surface area contributed by atoms with Crippen LogP contribution in [0.25, 0.3) is 6.08 Å². The van der Waals surface area contributed by atoms with Gasteiger partial charge in [-0.05, 0) is 54.8 Å². The van der Waals surface area contributed by atoms with E-state index >= 15 is 0 Å². The summed E-state index contributed by atoms with van der Waals surface area (Å²) < 4.78 is 10.5. The van der Waals surface area contributed by atoms with Gasteiger partial charge in [0.05, 0.1) is 0 Å². The molecule has 25 heavy (non-hydrogen) atoms. The summed E-state index contributed by atoms with van der Waals surface area (Å²) in [5, 5.41) is 6.22. The minimum Gasteiger partial charge on any atom is -0.455 e. The van der Waals surface area contributed by atoms with E-state index in [0.29, 0.717) is 0 Å². The Hall–Kier alpha value is -2.60. The molecule has 0 atom stereocenters. The van der Waals surface area contributed by atoms with Crippen molar-refractivity contribution in [2.24, 2.45) is 0 Å². The molecule has 0 fully saturated rings. The van der Waals surface area contributed by atoms with E-state index in [1.54, 1.807) is 26.8 Å². The third kappa shape index (κ3) is 6.81. The fourth-order valence-electron chi connectivity index (χ4n) is 1.87. The van der Waals surface area contributed by atoms with E-state index in [9.17, 15) is 9.59 Å². The van der Waals surface area contributed by atoms with E-state index in [4.69, 9.17) is 9.47 Å². The number of nitrogens with one attached hydrogen (secondary N) is 1. The number of alkyl carbamates (subject to hydrolysis) is 1. The Balaban J connectivity index is 2.05. The summed E-state index contributed by atoms with van der Waals surface area (Å²) in [7, 11) is 0. The Morgan fingerprint density at radius 2 is 1.88 bits per heavy atom. The summed E-state index contributed by atoms with van der Waals surface area (Å²) in [4.78, 5) is 24.4. The molecule has 1 N–H and O–H groups in total. The highest BCUT2D eigenvalue weighted by atomic mass is 32.1. The Morgan fingerprint density at radius 3 is 2.48 bits per heavy atom. The third-order valence-corrected chi connectivity index (χ3v) is 3.62. The first-order chi connectivity index (χ1) is 11.8. The van der Waals surface area contributed by atoms with Gasteiger partial charge in [-0.3, -0.25) is 5.32 Å². The summed E-state index contributed by atoms with van der Waals surface area (Å²) in [5.41, 5.74) is 1.03. The van der Waals surface area contributed by atoms with Crippen molar-refractivity contribution >= 4 is 29.5 Å². The average Bonchev–Trinajstić information content (AvgIpc) is 3.05. The van der Waals surface area contributed by atoms with E-state index in [-0.39, 0.29) is 12.3 Å². The van der Waals surface area contributed by atoms with Crippen LogP contribution in [0, 0.1) is 0 Å². The highest BCUT2D eigenvalue weighted by Gasteiger charge is 2.22. The summed E-state index contributed by atoms with van der Waals surface area (Å²) in [6.45, 7) is 5.41. The van der Waals surface area contributed by atoms with Crippen molar-refractivity contribution in [3.05, 3.63) is 64.0 Å². The first-order valence-corrected chi connectivity index (χ1v) is 8.73. The lowest BCUT2D eigenvalue weighted by molar-refractivity contribution is -0.150. The molecular formula is C19H21NO4S. The topological polar surface area (TPSA) is 64.6 Å². The predicted octanol–water partition coefficient (Wildman–Crippen LogP) is 4.36. The second-order valence-electron chi connectivity index (χ2n) is 6.30. The monoisotopic (exact) mass is 359 g/mol. The largest absolute Gasteiger partial charge is 0.455 e. The zero-order chi connectivity index (χ0) is 18.3. The molecule has 0 radical (unpaired) electrons. The number of benzene rings is 1. The fourth-order valence-corrected chi connectivity index (χ4v) is 2.49. The molecule has 0 aliphatic heterocycles. The molecule has 5 nitrogen and oxygen atoms in total. The van der Waals surface area contributed by atoms with Gasteiger partial charge in [0.1, 0.15) is 17.9 Å². The summed E-state index contributed by atoms with van der Waals surface area (Å²) >= 11 is 1.49. The van der Waals surface area contributed by atoms with Gasteiger partial charge in [0.25, 0.3) is 0 Å². The van der Waals surface area contributed by atoms with Crippen molar-refractivity contribution < 1.29 is 19.1 Å². The summed E-state index contributed by atoms with van der Waals surface area (Å²) in [6.07, 6.45) is 0.852. The lowest BCUT2D eigenvalue weighted by Crippen LogP contribution is -2.33. The van der Waals surface area contributed by atoms with E-state index in [1.165, 1.54) is 11.3 Å². The number of thiophene rings is 1. The highest BCUT2D eigenvalue weighted by molar-refractivity contribution is 7.08. The Kier molecular flexibility index (Phi) is 6.36. The van der Waals surface area contributed by atoms with Gasteiger partial charge < -0.3 is 9.47 Å². The van der Waals surface area contributed by atoms with Crippen molar-refractivity contribution in [1.29, 1.82) is 0 Å².